The zero-order valence-corrected chi connectivity index (χ0v) is 11.3. The summed E-state index contributed by atoms with van der Waals surface area (Å²) in [5, 5.41) is 12.8. The Balaban J connectivity index is 1.88. The maximum absolute atomic E-state index is 11.9. The van der Waals surface area contributed by atoms with E-state index in [0.717, 1.165) is 12.8 Å². The topological polar surface area (TPSA) is 58.6 Å². The number of aliphatic hydroxyl groups is 1. The number of carbonyl (C=O) groups excluding carboxylic acids is 1. The smallest absolute Gasteiger partial charge is 0.251 e. The van der Waals surface area contributed by atoms with Crippen LogP contribution in [-0.4, -0.2) is 36.4 Å². The average molecular weight is 263 g/mol. The van der Waals surface area contributed by atoms with Crippen LogP contribution in [0.25, 0.3) is 0 Å². The summed E-state index contributed by atoms with van der Waals surface area (Å²) in [6, 6.07) is 7.61. The van der Waals surface area contributed by atoms with E-state index in [1.807, 2.05) is 24.3 Å². The Bertz CT molecular complexity index is 422. The van der Waals surface area contributed by atoms with Gasteiger partial charge in [0.05, 0.1) is 6.61 Å². The van der Waals surface area contributed by atoms with Gasteiger partial charge in [-0.05, 0) is 24.1 Å². The van der Waals surface area contributed by atoms with E-state index in [-0.39, 0.29) is 12.5 Å². The minimum absolute atomic E-state index is 0.150. The summed E-state index contributed by atoms with van der Waals surface area (Å²) in [4.78, 5) is 11.9. The van der Waals surface area contributed by atoms with Crippen LogP contribution >= 0.6 is 0 Å². The molecule has 1 amide bonds. The van der Waals surface area contributed by atoms with E-state index in [4.69, 9.17) is 4.74 Å². The molecule has 0 aliphatic carbocycles. The molecule has 4 nitrogen and oxygen atoms in total. The molecule has 104 valence electrons. The second-order valence-corrected chi connectivity index (χ2v) is 5.16. The number of nitrogens with one attached hydrogen (secondary N) is 1. The SMILES string of the molecule is CCCc1ccc(C(=O)NC[C@@]2(O)CCOC2)cc1. The first-order valence-corrected chi connectivity index (χ1v) is 6.80. The predicted molar refractivity (Wildman–Crippen MR) is 73.2 cm³/mol. The van der Waals surface area contributed by atoms with Crippen LogP contribution < -0.4 is 5.32 Å². The van der Waals surface area contributed by atoms with E-state index in [2.05, 4.69) is 12.2 Å². The molecule has 0 aromatic heterocycles. The molecule has 0 spiro atoms. The van der Waals surface area contributed by atoms with Crippen molar-refractivity contribution in [2.75, 3.05) is 19.8 Å². The number of carbonyl (C=O) groups is 1. The Labute approximate surface area is 113 Å². The van der Waals surface area contributed by atoms with Crippen LogP contribution in [0.1, 0.15) is 35.7 Å². The van der Waals surface area contributed by atoms with E-state index in [1.54, 1.807) is 0 Å². The fourth-order valence-corrected chi connectivity index (χ4v) is 2.19. The third-order valence-corrected chi connectivity index (χ3v) is 3.42. The van der Waals surface area contributed by atoms with Crippen molar-refractivity contribution in [2.45, 2.75) is 31.8 Å². The van der Waals surface area contributed by atoms with Gasteiger partial charge in [0, 0.05) is 25.1 Å². The lowest BCUT2D eigenvalue weighted by Gasteiger charge is -2.20. The minimum Gasteiger partial charge on any atom is -0.386 e. The van der Waals surface area contributed by atoms with Crippen molar-refractivity contribution in [3.8, 4) is 0 Å². The summed E-state index contributed by atoms with van der Waals surface area (Å²) in [5.41, 5.74) is 0.960. The molecular formula is C15H21NO3. The van der Waals surface area contributed by atoms with Gasteiger partial charge in [0.1, 0.15) is 5.60 Å². The van der Waals surface area contributed by atoms with Gasteiger partial charge in [0.15, 0.2) is 0 Å². The van der Waals surface area contributed by atoms with E-state index >= 15 is 0 Å². The normalized spacial score (nSPS) is 22.4. The third-order valence-electron chi connectivity index (χ3n) is 3.42. The van der Waals surface area contributed by atoms with Gasteiger partial charge >= 0.3 is 0 Å². The van der Waals surface area contributed by atoms with Gasteiger partial charge in [0.25, 0.3) is 5.91 Å². The Morgan fingerprint density at radius 1 is 1.42 bits per heavy atom. The van der Waals surface area contributed by atoms with Gasteiger partial charge in [-0.25, -0.2) is 0 Å². The van der Waals surface area contributed by atoms with Crippen LogP contribution in [0.2, 0.25) is 0 Å². The Hall–Kier alpha value is -1.39. The Morgan fingerprint density at radius 2 is 2.16 bits per heavy atom. The van der Waals surface area contributed by atoms with Crippen LogP contribution in [0, 0.1) is 0 Å². The fourth-order valence-electron chi connectivity index (χ4n) is 2.19. The minimum atomic E-state index is -0.905. The molecule has 0 radical (unpaired) electrons. The lowest BCUT2D eigenvalue weighted by Crippen LogP contribution is -2.43. The number of hydrogen-bond donors (Lipinski definition) is 2. The van der Waals surface area contributed by atoms with Crippen molar-refractivity contribution in [3.05, 3.63) is 35.4 Å². The first-order valence-electron chi connectivity index (χ1n) is 6.80. The number of ether oxygens (including phenoxy) is 1. The highest BCUT2D eigenvalue weighted by atomic mass is 16.5. The van der Waals surface area contributed by atoms with Gasteiger partial charge in [-0.2, -0.15) is 0 Å². The highest BCUT2D eigenvalue weighted by molar-refractivity contribution is 5.94. The van der Waals surface area contributed by atoms with Gasteiger partial charge in [-0.15, -0.1) is 0 Å². The molecule has 1 atom stereocenters. The van der Waals surface area contributed by atoms with Crippen LogP contribution in [-0.2, 0) is 11.2 Å². The molecule has 1 saturated heterocycles. The third kappa shape index (κ3) is 3.78. The summed E-state index contributed by atoms with van der Waals surface area (Å²) < 4.78 is 5.14. The highest BCUT2D eigenvalue weighted by Gasteiger charge is 2.32. The summed E-state index contributed by atoms with van der Waals surface area (Å²) in [5.74, 6) is -0.150. The number of rotatable bonds is 5. The second kappa shape index (κ2) is 6.17. The van der Waals surface area contributed by atoms with Crippen LogP contribution in [0.4, 0.5) is 0 Å². The Kier molecular flexibility index (Phi) is 4.56. The highest BCUT2D eigenvalue weighted by Crippen LogP contribution is 2.17. The molecule has 1 aromatic rings. The molecule has 0 unspecified atom stereocenters. The molecule has 1 aromatic carbocycles. The van der Waals surface area contributed by atoms with Crippen LogP contribution in [0.15, 0.2) is 24.3 Å². The van der Waals surface area contributed by atoms with E-state index in [1.165, 1.54) is 5.56 Å². The van der Waals surface area contributed by atoms with Crippen molar-refractivity contribution < 1.29 is 14.6 Å². The van der Waals surface area contributed by atoms with Gasteiger partial charge in [0.2, 0.25) is 0 Å². The largest absolute Gasteiger partial charge is 0.386 e. The standard InChI is InChI=1S/C15H21NO3/c1-2-3-12-4-6-13(7-5-12)14(17)16-10-15(18)8-9-19-11-15/h4-7,18H,2-3,8-11H2,1H3,(H,16,17)/t15-/m0/s1. The van der Waals surface area contributed by atoms with Crippen molar-refractivity contribution in [2.24, 2.45) is 0 Å². The van der Waals surface area contributed by atoms with Crippen molar-refractivity contribution in [1.82, 2.24) is 5.32 Å². The number of amides is 1. The number of benzene rings is 1. The van der Waals surface area contributed by atoms with Crippen LogP contribution in [0.5, 0.6) is 0 Å². The molecule has 0 saturated carbocycles. The zero-order valence-electron chi connectivity index (χ0n) is 11.3. The van der Waals surface area contributed by atoms with Crippen molar-refractivity contribution >= 4 is 5.91 Å². The van der Waals surface area contributed by atoms with Gasteiger partial charge < -0.3 is 15.2 Å². The van der Waals surface area contributed by atoms with E-state index < -0.39 is 5.60 Å². The molecule has 4 heteroatoms. The van der Waals surface area contributed by atoms with Crippen molar-refractivity contribution in [3.63, 3.8) is 0 Å². The molecule has 19 heavy (non-hydrogen) atoms. The summed E-state index contributed by atoms with van der Waals surface area (Å²) in [7, 11) is 0. The molecule has 0 bridgehead atoms. The number of aryl methyl sites for hydroxylation is 1. The first kappa shape index (κ1) is 14.0. The van der Waals surface area contributed by atoms with Crippen LogP contribution in [0.3, 0.4) is 0 Å². The van der Waals surface area contributed by atoms with Gasteiger partial charge in [-0.3, -0.25) is 4.79 Å². The van der Waals surface area contributed by atoms with Gasteiger partial charge in [-0.1, -0.05) is 25.5 Å². The predicted octanol–water partition coefficient (Wildman–Crippen LogP) is 1.52. The summed E-state index contributed by atoms with van der Waals surface area (Å²) in [6.45, 7) is 3.22. The molecule has 1 fully saturated rings. The van der Waals surface area contributed by atoms with Crippen molar-refractivity contribution in [1.29, 1.82) is 0 Å². The Morgan fingerprint density at radius 3 is 2.74 bits per heavy atom. The summed E-state index contributed by atoms with van der Waals surface area (Å²) in [6.07, 6.45) is 2.69. The average Bonchev–Trinajstić information content (AvgIpc) is 2.85. The fraction of sp³-hybridized carbons (Fsp3) is 0.533. The lowest BCUT2D eigenvalue weighted by atomic mass is 10.0. The zero-order chi connectivity index (χ0) is 13.7. The number of hydrogen-bond acceptors (Lipinski definition) is 3. The second-order valence-electron chi connectivity index (χ2n) is 5.16. The van der Waals surface area contributed by atoms with E-state index in [0.29, 0.717) is 25.2 Å². The molecule has 1 aliphatic rings. The monoisotopic (exact) mass is 263 g/mol. The molecular weight excluding hydrogens is 242 g/mol. The maximum Gasteiger partial charge on any atom is 0.251 e. The summed E-state index contributed by atoms with van der Waals surface area (Å²) >= 11 is 0. The quantitative estimate of drug-likeness (QED) is 0.847. The first-order chi connectivity index (χ1) is 9.13. The molecule has 2 rings (SSSR count). The molecule has 2 N–H and O–H groups in total. The maximum atomic E-state index is 11.9. The molecule has 1 aliphatic heterocycles. The molecule has 1 heterocycles. The van der Waals surface area contributed by atoms with E-state index in [9.17, 15) is 9.90 Å². The lowest BCUT2D eigenvalue weighted by molar-refractivity contribution is 0.0264.